The fraction of sp³-hybridized carbons (Fsp3) is 0.385. The first-order valence-electron chi connectivity index (χ1n) is 12.9. The summed E-state index contributed by atoms with van der Waals surface area (Å²) in [4.78, 5) is 36.9. The lowest BCUT2D eigenvalue weighted by Crippen LogP contribution is -2.43. The molecule has 2 aromatic heterocycles. The summed E-state index contributed by atoms with van der Waals surface area (Å²) >= 11 is 6.23. The topological polar surface area (TPSA) is 153 Å². The Hall–Kier alpha value is -4.93. The van der Waals surface area contributed by atoms with Crippen LogP contribution in [0.1, 0.15) is 40.9 Å². The summed E-state index contributed by atoms with van der Waals surface area (Å²) in [6, 6.07) is 5.55. The van der Waals surface area contributed by atoms with Gasteiger partial charge in [-0.15, -0.1) is 0 Å². The minimum Gasteiger partial charge on any atom is -0.481 e. The minimum atomic E-state index is -6.40. The van der Waals surface area contributed by atoms with Gasteiger partial charge in [-0.25, -0.2) is 14.2 Å². The highest BCUT2D eigenvalue weighted by Crippen LogP contribution is 2.49. The van der Waals surface area contributed by atoms with Crippen LogP contribution in [0.25, 0.3) is 16.9 Å². The molecule has 1 fully saturated rings. The molecule has 12 nitrogen and oxygen atoms in total. The van der Waals surface area contributed by atoms with E-state index in [0.717, 1.165) is 23.4 Å². The zero-order valence-electron chi connectivity index (χ0n) is 23.5. The molecule has 1 N–H and O–H groups in total. The van der Waals surface area contributed by atoms with Crippen LogP contribution in [0.2, 0.25) is 5.02 Å². The second-order valence-corrected chi connectivity index (χ2v) is 10.4. The Labute approximate surface area is 262 Å². The number of halogens is 9. The van der Waals surface area contributed by atoms with Crippen molar-refractivity contribution in [2.24, 2.45) is 7.05 Å². The molecule has 1 aromatic carbocycles. The first-order chi connectivity index (χ1) is 21.7. The van der Waals surface area contributed by atoms with Crippen LogP contribution in [0.3, 0.4) is 0 Å². The lowest BCUT2D eigenvalue weighted by Gasteiger charge is -2.27. The van der Waals surface area contributed by atoms with Crippen LogP contribution in [-0.4, -0.2) is 72.7 Å². The number of benzene rings is 1. The average molecular weight is 699 g/mol. The molecular weight excluding hydrogens is 680 g/mol. The Morgan fingerprint density at radius 2 is 1.77 bits per heavy atom. The lowest BCUT2D eigenvalue weighted by atomic mass is 10.0. The van der Waals surface area contributed by atoms with E-state index in [2.05, 4.69) is 14.9 Å². The van der Waals surface area contributed by atoms with Gasteiger partial charge in [0, 0.05) is 18.8 Å². The number of aliphatic carboxylic acids is 1. The first-order valence-corrected chi connectivity index (χ1v) is 13.3. The van der Waals surface area contributed by atoms with E-state index in [9.17, 15) is 54.8 Å². The van der Waals surface area contributed by atoms with Crippen molar-refractivity contribution in [2.75, 3.05) is 13.3 Å². The molecule has 0 radical (unpaired) electrons. The molecule has 47 heavy (non-hydrogen) atoms. The SMILES string of the molecule is Cn1nc(C(F)(F)C(F)(F)F)c(C(F)(F)F)c1-n1cc(-c2ccc(Cl)c(C(=O)N(COC(=O)OCCC(=O)O)C3(C#N)CC3)c2)cn1. The number of ether oxygens (including phenoxy) is 2. The number of amides is 1. The van der Waals surface area contributed by atoms with Crippen molar-refractivity contribution >= 4 is 29.6 Å². The summed E-state index contributed by atoms with van der Waals surface area (Å²) in [5.41, 5.74) is -6.66. The molecule has 4 rings (SSSR count). The summed E-state index contributed by atoms with van der Waals surface area (Å²) in [7, 11) is 0.711. The van der Waals surface area contributed by atoms with Gasteiger partial charge in [-0.3, -0.25) is 14.5 Å². The normalized spacial score (nSPS) is 14.3. The quantitative estimate of drug-likeness (QED) is 0.160. The predicted molar refractivity (Wildman–Crippen MR) is 139 cm³/mol. The van der Waals surface area contributed by atoms with Crippen LogP contribution < -0.4 is 0 Å². The zero-order chi connectivity index (χ0) is 35.1. The smallest absolute Gasteiger partial charge is 0.481 e. The van der Waals surface area contributed by atoms with Gasteiger partial charge in [-0.1, -0.05) is 17.7 Å². The van der Waals surface area contributed by atoms with Gasteiger partial charge >= 0.3 is 30.4 Å². The predicted octanol–water partition coefficient (Wildman–Crippen LogP) is 5.68. The number of carbonyl (C=O) groups is 3. The van der Waals surface area contributed by atoms with Gasteiger partial charge in [-0.2, -0.15) is 50.6 Å². The highest BCUT2D eigenvalue weighted by atomic mass is 35.5. The van der Waals surface area contributed by atoms with Gasteiger partial charge in [-0.05, 0) is 30.5 Å². The summed E-state index contributed by atoms with van der Waals surface area (Å²) in [5.74, 6) is -9.43. The summed E-state index contributed by atoms with van der Waals surface area (Å²) in [6.45, 7) is -1.36. The minimum absolute atomic E-state index is 0.0522. The molecule has 0 spiro atoms. The molecule has 2 heterocycles. The third-order valence-corrected chi connectivity index (χ3v) is 7.15. The maximum absolute atomic E-state index is 14.1. The Bertz CT molecular complexity index is 1760. The highest BCUT2D eigenvalue weighted by molar-refractivity contribution is 6.34. The molecule has 0 bridgehead atoms. The fourth-order valence-corrected chi connectivity index (χ4v) is 4.51. The van der Waals surface area contributed by atoms with Gasteiger partial charge in [0.2, 0.25) is 0 Å². The van der Waals surface area contributed by atoms with Gasteiger partial charge in [0.25, 0.3) is 5.91 Å². The molecule has 1 amide bonds. The molecule has 0 atom stereocenters. The molecule has 0 saturated heterocycles. The summed E-state index contributed by atoms with van der Waals surface area (Å²) in [6.07, 6.45) is -11.9. The van der Waals surface area contributed by atoms with Crippen LogP contribution in [-0.2, 0) is 33.4 Å². The molecule has 252 valence electrons. The number of alkyl halides is 8. The van der Waals surface area contributed by atoms with Crippen molar-refractivity contribution in [1.82, 2.24) is 24.5 Å². The van der Waals surface area contributed by atoms with Crippen molar-refractivity contribution in [1.29, 1.82) is 5.26 Å². The van der Waals surface area contributed by atoms with E-state index in [4.69, 9.17) is 21.4 Å². The molecule has 0 unspecified atom stereocenters. The molecule has 1 aliphatic carbocycles. The second kappa shape index (κ2) is 12.4. The zero-order valence-corrected chi connectivity index (χ0v) is 24.3. The number of nitriles is 1. The number of nitrogens with zero attached hydrogens (tertiary/aromatic N) is 6. The maximum Gasteiger partial charge on any atom is 0.510 e. The fourth-order valence-electron chi connectivity index (χ4n) is 4.31. The third kappa shape index (κ3) is 6.94. The maximum atomic E-state index is 14.1. The van der Waals surface area contributed by atoms with Crippen LogP contribution >= 0.6 is 11.6 Å². The number of carboxylic acid groups (broad SMARTS) is 1. The molecular formula is C26H19ClF8N6O6. The van der Waals surface area contributed by atoms with E-state index in [1.807, 2.05) is 6.07 Å². The Morgan fingerprint density at radius 3 is 2.32 bits per heavy atom. The lowest BCUT2D eigenvalue weighted by molar-refractivity contribution is -0.292. The first kappa shape index (κ1) is 34.9. The van der Waals surface area contributed by atoms with Gasteiger partial charge < -0.3 is 14.6 Å². The summed E-state index contributed by atoms with van der Waals surface area (Å²) in [5, 5.41) is 24.7. The number of rotatable bonds is 10. The van der Waals surface area contributed by atoms with E-state index in [1.165, 1.54) is 12.1 Å². The summed E-state index contributed by atoms with van der Waals surface area (Å²) < 4.78 is 119. The van der Waals surface area contributed by atoms with Crippen LogP contribution in [0, 0.1) is 11.3 Å². The van der Waals surface area contributed by atoms with E-state index < -0.39 is 78.7 Å². The number of carbonyl (C=O) groups excluding carboxylic acids is 2. The Morgan fingerprint density at radius 1 is 1.11 bits per heavy atom. The van der Waals surface area contributed by atoms with Crippen LogP contribution in [0.4, 0.5) is 39.9 Å². The van der Waals surface area contributed by atoms with E-state index >= 15 is 0 Å². The second-order valence-electron chi connectivity index (χ2n) is 10.0. The van der Waals surface area contributed by atoms with Crippen molar-refractivity contribution in [3.05, 3.63) is 52.4 Å². The van der Waals surface area contributed by atoms with Gasteiger partial charge in [0.1, 0.15) is 17.7 Å². The van der Waals surface area contributed by atoms with Crippen molar-refractivity contribution in [3.63, 3.8) is 0 Å². The third-order valence-electron chi connectivity index (χ3n) is 6.82. The standard InChI is InChI=1S/C26H19ClF8N6O6/c1-39-20(18(25(30,31)32)19(38-39)24(28,29)26(33,34)35)41-10-14(9-37-41)13-2-3-16(27)15(8-13)21(44)40(23(11-36)5-6-23)12-47-22(45)46-7-4-17(42)43/h2-3,8-10H,4-7,12H2,1H3,(H,42,43). The molecule has 3 aromatic rings. The average Bonchev–Trinajstić information content (AvgIpc) is 3.43. The highest BCUT2D eigenvalue weighted by Gasteiger charge is 2.64. The van der Waals surface area contributed by atoms with Gasteiger partial charge in [0.15, 0.2) is 18.2 Å². The number of hydrogen-bond acceptors (Lipinski definition) is 8. The number of hydrogen-bond donors (Lipinski definition) is 1. The molecule has 0 aliphatic heterocycles. The Balaban J connectivity index is 1.68. The largest absolute Gasteiger partial charge is 0.510 e. The van der Waals surface area contributed by atoms with Crippen molar-refractivity contribution in [2.45, 2.75) is 43.1 Å². The van der Waals surface area contributed by atoms with Crippen LogP contribution in [0.5, 0.6) is 0 Å². The van der Waals surface area contributed by atoms with E-state index in [-0.39, 0.29) is 39.2 Å². The Kier molecular flexibility index (Phi) is 9.18. The molecule has 1 aliphatic rings. The number of aryl methyl sites for hydroxylation is 1. The van der Waals surface area contributed by atoms with E-state index in [1.54, 1.807) is 0 Å². The van der Waals surface area contributed by atoms with E-state index in [0.29, 0.717) is 11.7 Å². The van der Waals surface area contributed by atoms with Gasteiger partial charge in [0.05, 0.1) is 29.3 Å². The number of aromatic nitrogens is 4. The monoisotopic (exact) mass is 698 g/mol. The van der Waals surface area contributed by atoms with Crippen LogP contribution in [0.15, 0.2) is 30.6 Å². The number of carboxylic acids is 1. The van der Waals surface area contributed by atoms with Crippen molar-refractivity contribution in [3.8, 4) is 23.0 Å². The van der Waals surface area contributed by atoms with Crippen molar-refractivity contribution < 1.29 is 64.1 Å². The molecule has 21 heteroatoms. The molecule has 1 saturated carbocycles.